The van der Waals surface area contributed by atoms with Gasteiger partial charge in [-0.2, -0.15) is 4.98 Å². The van der Waals surface area contributed by atoms with Crippen LogP contribution in [0.5, 0.6) is 0 Å². The molecule has 1 aliphatic carbocycles. The number of aromatic nitrogens is 2. The van der Waals surface area contributed by atoms with Gasteiger partial charge in [0.05, 0.1) is 11.8 Å². The number of carboxylic acid groups (broad SMARTS) is 1. The Labute approximate surface area is 123 Å². The molecule has 1 aromatic carbocycles. The van der Waals surface area contributed by atoms with Gasteiger partial charge in [0.15, 0.2) is 5.82 Å². The quantitative estimate of drug-likeness (QED) is 0.935. The lowest BCUT2D eigenvalue weighted by molar-refractivity contribution is -0.142. The molecule has 1 aromatic heterocycles. The molecule has 0 radical (unpaired) electrons. The van der Waals surface area contributed by atoms with Crippen LogP contribution < -0.4 is 0 Å². The Kier molecular flexibility index (Phi) is 3.73. The number of hydrogen-bond acceptors (Lipinski definition) is 4. The second kappa shape index (κ2) is 5.68. The highest BCUT2D eigenvalue weighted by Crippen LogP contribution is 2.42. The summed E-state index contributed by atoms with van der Waals surface area (Å²) in [5.41, 5.74) is 1.11. The molecule has 2 aromatic rings. The molecule has 5 nitrogen and oxygen atoms in total. The van der Waals surface area contributed by atoms with Crippen molar-refractivity contribution in [2.24, 2.45) is 11.8 Å². The maximum absolute atomic E-state index is 11.3. The molecule has 1 aliphatic rings. The average molecular weight is 286 g/mol. The van der Waals surface area contributed by atoms with Gasteiger partial charge in [-0.1, -0.05) is 42.4 Å². The van der Waals surface area contributed by atoms with Gasteiger partial charge >= 0.3 is 5.97 Å². The number of hydrogen-bond donors (Lipinski definition) is 1. The summed E-state index contributed by atoms with van der Waals surface area (Å²) in [6.07, 6.45) is 2.07. The monoisotopic (exact) mass is 286 g/mol. The summed E-state index contributed by atoms with van der Waals surface area (Å²) in [5, 5.41) is 13.3. The van der Waals surface area contributed by atoms with Crippen molar-refractivity contribution in [3.8, 4) is 0 Å². The molecule has 110 valence electrons. The molecule has 21 heavy (non-hydrogen) atoms. The maximum Gasteiger partial charge on any atom is 0.307 e. The predicted molar refractivity (Wildman–Crippen MR) is 75.8 cm³/mol. The van der Waals surface area contributed by atoms with E-state index in [2.05, 4.69) is 17.1 Å². The summed E-state index contributed by atoms with van der Waals surface area (Å²) in [6, 6.07) is 9.91. The third-order valence-electron chi connectivity index (χ3n) is 4.12. The van der Waals surface area contributed by atoms with Gasteiger partial charge in [0.1, 0.15) is 0 Å². The zero-order chi connectivity index (χ0) is 14.8. The van der Waals surface area contributed by atoms with Crippen LogP contribution >= 0.6 is 0 Å². The Morgan fingerprint density at radius 1 is 1.33 bits per heavy atom. The van der Waals surface area contributed by atoms with Crippen LogP contribution in [0.15, 0.2) is 34.9 Å². The van der Waals surface area contributed by atoms with E-state index in [9.17, 15) is 9.90 Å². The summed E-state index contributed by atoms with van der Waals surface area (Å²) in [4.78, 5) is 15.8. The molecular formula is C16H18N2O3. The van der Waals surface area contributed by atoms with E-state index in [4.69, 9.17) is 4.52 Å². The lowest BCUT2D eigenvalue weighted by Crippen LogP contribution is -2.17. The molecule has 0 bridgehead atoms. The second-order valence-electron chi connectivity index (χ2n) is 5.84. The average Bonchev–Trinajstić information content (AvgIpc) is 3.06. The minimum atomic E-state index is -0.771. The number of aliphatic carboxylic acids is 1. The molecule has 1 fully saturated rings. The molecular weight excluding hydrogens is 268 g/mol. The summed E-state index contributed by atoms with van der Waals surface area (Å²) >= 11 is 0. The Morgan fingerprint density at radius 2 is 2.10 bits per heavy atom. The lowest BCUT2D eigenvalue weighted by atomic mass is 9.96. The van der Waals surface area contributed by atoms with Gasteiger partial charge in [0.2, 0.25) is 5.89 Å². The first-order chi connectivity index (χ1) is 10.1. The fourth-order valence-electron chi connectivity index (χ4n) is 3.11. The van der Waals surface area contributed by atoms with Gasteiger partial charge in [0.25, 0.3) is 0 Å². The second-order valence-corrected chi connectivity index (χ2v) is 5.84. The third kappa shape index (κ3) is 2.96. The fraction of sp³-hybridized carbons (Fsp3) is 0.438. The van der Waals surface area contributed by atoms with Gasteiger partial charge in [0, 0.05) is 6.42 Å². The van der Waals surface area contributed by atoms with E-state index in [1.807, 2.05) is 30.3 Å². The van der Waals surface area contributed by atoms with E-state index in [0.717, 1.165) is 12.0 Å². The summed E-state index contributed by atoms with van der Waals surface area (Å²) in [5.74, 6) is 0.116. The maximum atomic E-state index is 11.3. The van der Waals surface area contributed by atoms with Crippen LogP contribution in [0.4, 0.5) is 0 Å². The first kappa shape index (κ1) is 13.8. The summed E-state index contributed by atoms with van der Waals surface area (Å²) in [7, 11) is 0. The molecule has 0 spiro atoms. The predicted octanol–water partition coefficient (Wildman–Crippen LogP) is 2.87. The summed E-state index contributed by atoms with van der Waals surface area (Å²) < 4.78 is 5.33. The van der Waals surface area contributed by atoms with Gasteiger partial charge < -0.3 is 9.63 Å². The van der Waals surface area contributed by atoms with Crippen LogP contribution in [-0.4, -0.2) is 21.2 Å². The minimum absolute atomic E-state index is 0.158. The molecule has 0 aliphatic heterocycles. The van der Waals surface area contributed by atoms with E-state index in [-0.39, 0.29) is 5.92 Å². The highest BCUT2D eigenvalue weighted by atomic mass is 16.5. The van der Waals surface area contributed by atoms with E-state index in [1.165, 1.54) is 0 Å². The van der Waals surface area contributed by atoms with Crippen LogP contribution in [0.3, 0.4) is 0 Å². The Hall–Kier alpha value is -2.17. The Morgan fingerprint density at radius 3 is 2.81 bits per heavy atom. The standard InChI is InChI=1S/C16H18N2O3/c1-10-7-12(13(8-10)16(19)20)15-17-14(18-21-15)9-11-5-3-2-4-6-11/h2-6,10,12-13H,7-9H2,1H3,(H,19,20). The van der Waals surface area contributed by atoms with Gasteiger partial charge in [-0.15, -0.1) is 0 Å². The molecule has 3 unspecified atom stereocenters. The van der Waals surface area contributed by atoms with Crippen LogP contribution in [0.25, 0.3) is 0 Å². The topological polar surface area (TPSA) is 76.2 Å². The first-order valence-electron chi connectivity index (χ1n) is 7.22. The van der Waals surface area contributed by atoms with Crippen molar-refractivity contribution in [2.75, 3.05) is 0 Å². The van der Waals surface area contributed by atoms with Crippen molar-refractivity contribution in [3.63, 3.8) is 0 Å². The van der Waals surface area contributed by atoms with E-state index >= 15 is 0 Å². The van der Waals surface area contributed by atoms with Crippen LogP contribution in [0.1, 0.15) is 43.0 Å². The third-order valence-corrected chi connectivity index (χ3v) is 4.12. The zero-order valence-corrected chi connectivity index (χ0v) is 11.9. The minimum Gasteiger partial charge on any atom is -0.481 e. The number of benzene rings is 1. The van der Waals surface area contributed by atoms with Gasteiger partial charge in [-0.3, -0.25) is 4.79 Å². The van der Waals surface area contributed by atoms with Crippen LogP contribution in [0.2, 0.25) is 0 Å². The van der Waals surface area contributed by atoms with Crippen molar-refractivity contribution in [3.05, 3.63) is 47.6 Å². The molecule has 0 saturated heterocycles. The molecule has 1 saturated carbocycles. The van der Waals surface area contributed by atoms with Gasteiger partial charge in [-0.25, -0.2) is 0 Å². The van der Waals surface area contributed by atoms with Crippen molar-refractivity contribution in [2.45, 2.75) is 32.1 Å². The van der Waals surface area contributed by atoms with Gasteiger partial charge in [-0.05, 0) is 24.3 Å². The molecule has 1 heterocycles. The Bertz CT molecular complexity index is 623. The number of carbonyl (C=O) groups is 1. The number of carboxylic acids is 1. The molecule has 3 atom stereocenters. The van der Waals surface area contributed by atoms with Crippen molar-refractivity contribution in [1.82, 2.24) is 10.1 Å². The molecule has 3 rings (SSSR count). The van der Waals surface area contributed by atoms with Crippen LogP contribution in [-0.2, 0) is 11.2 Å². The van der Waals surface area contributed by atoms with Crippen LogP contribution in [0, 0.1) is 11.8 Å². The number of rotatable bonds is 4. The molecule has 0 amide bonds. The smallest absolute Gasteiger partial charge is 0.307 e. The SMILES string of the molecule is CC1CC(C(=O)O)C(c2nc(Cc3ccccc3)no2)C1. The van der Waals surface area contributed by atoms with Crippen molar-refractivity contribution < 1.29 is 14.4 Å². The fourth-order valence-corrected chi connectivity index (χ4v) is 3.11. The van der Waals surface area contributed by atoms with E-state index in [0.29, 0.717) is 30.5 Å². The highest BCUT2D eigenvalue weighted by molar-refractivity contribution is 5.71. The molecule has 5 heteroatoms. The lowest BCUT2D eigenvalue weighted by Gasteiger charge is -2.09. The zero-order valence-electron chi connectivity index (χ0n) is 11.9. The van der Waals surface area contributed by atoms with E-state index < -0.39 is 11.9 Å². The highest BCUT2D eigenvalue weighted by Gasteiger charge is 2.41. The number of nitrogens with zero attached hydrogens (tertiary/aromatic N) is 2. The first-order valence-corrected chi connectivity index (χ1v) is 7.22. The van der Waals surface area contributed by atoms with Crippen molar-refractivity contribution >= 4 is 5.97 Å². The van der Waals surface area contributed by atoms with E-state index in [1.54, 1.807) is 0 Å². The largest absolute Gasteiger partial charge is 0.481 e. The normalized spacial score (nSPS) is 25.1. The Balaban J connectivity index is 1.77. The summed E-state index contributed by atoms with van der Waals surface area (Å²) in [6.45, 7) is 2.07. The van der Waals surface area contributed by atoms with Crippen molar-refractivity contribution in [1.29, 1.82) is 0 Å². The molecule has 1 N–H and O–H groups in total.